The monoisotopic (exact) mass is 1400 g/mol. The molecule has 0 aromatic heterocycles. The van der Waals surface area contributed by atoms with Crippen LogP contribution in [0.3, 0.4) is 0 Å². The Bertz CT molecular complexity index is 5210. The molecule has 0 aliphatic rings. The first-order valence-electron chi connectivity index (χ1n) is 37.7. The molecule has 0 atom stereocenters. The molecule has 0 fully saturated rings. The number of aryl methyl sites for hydroxylation is 14. The molecule has 0 amide bonds. The first kappa shape index (κ1) is 79.9. The molecular weight excluding hydrogens is 1300 g/mol. The van der Waals surface area contributed by atoms with Crippen molar-refractivity contribution in [2.45, 2.75) is 96.9 Å². The Kier molecular flexibility index (Phi) is 30.7. The summed E-state index contributed by atoms with van der Waals surface area (Å²) in [4.78, 5) is 0. The molecule has 0 saturated heterocycles. The average molecular weight is 1400 g/mol. The van der Waals surface area contributed by atoms with E-state index in [-0.39, 0.29) is 0 Å². The van der Waals surface area contributed by atoms with Crippen LogP contribution in [-0.4, -0.2) is 0 Å². The Morgan fingerprint density at radius 2 is 0.398 bits per heavy atom. The van der Waals surface area contributed by atoms with E-state index in [9.17, 15) is 0 Å². The summed E-state index contributed by atoms with van der Waals surface area (Å²) >= 11 is 0. The second kappa shape index (κ2) is 41.5. The Hall–Kier alpha value is -12.2. The van der Waals surface area contributed by atoms with Crippen LogP contribution >= 0.6 is 0 Å². The van der Waals surface area contributed by atoms with Gasteiger partial charge in [0, 0.05) is 0 Å². The lowest BCUT2D eigenvalue weighted by Gasteiger charge is -2.11. The predicted molar refractivity (Wildman–Crippen MR) is 473 cm³/mol. The molecule has 0 saturated carbocycles. The molecule has 0 nitrogen and oxygen atoms in total. The highest BCUT2D eigenvalue weighted by molar-refractivity contribution is 5.96. The van der Waals surface area contributed by atoms with Gasteiger partial charge in [-0.2, -0.15) is 0 Å². The molecule has 0 unspecified atom stereocenters. The van der Waals surface area contributed by atoms with Gasteiger partial charge in [0.05, 0.1) is 0 Å². The minimum absolute atomic E-state index is 1.28. The van der Waals surface area contributed by atoms with Crippen molar-refractivity contribution in [3.8, 4) is 77.9 Å². The van der Waals surface area contributed by atoms with Crippen LogP contribution in [0.4, 0.5) is 0 Å². The highest BCUT2D eigenvalue weighted by atomic mass is 14.1. The van der Waals surface area contributed by atoms with Crippen LogP contribution in [0.2, 0.25) is 0 Å². The van der Waals surface area contributed by atoms with E-state index in [1.54, 1.807) is 0 Å². The normalized spacial score (nSPS) is 10.1. The van der Waals surface area contributed by atoms with Crippen molar-refractivity contribution in [3.05, 3.63) is 466 Å². The summed E-state index contributed by atoms with van der Waals surface area (Å²) < 4.78 is 0. The lowest BCUT2D eigenvalue weighted by atomic mass is 9.93. The Morgan fingerprint density at radius 1 is 0.130 bits per heavy atom. The predicted octanol–water partition coefficient (Wildman–Crippen LogP) is 30.6. The molecule has 0 aliphatic carbocycles. The summed E-state index contributed by atoms with van der Waals surface area (Å²) in [6, 6.07) is 137. The fourth-order valence-corrected chi connectivity index (χ4v) is 12.8. The standard InChI is InChI=1S/C17H14.C16H18.C15H16.C14H14.3C13H12.C7H8/c1-13-9-11-15(12-10-13)17-8-4-6-14-5-2-3-7-16(14)17;1-11-5-7-15(8-6-11)16-13(3)9-12(2)10-14(16)4;1-11-4-6-14(7-5-11)15-9-12(2)8-13(3)10-15;1-11-3-7-13(8-4-11)14-9-5-12(2)6-10-14;1-11-7-5-6-10-13(11)12-8-3-2-4-9-12;1-11-6-5-9-13(10-11)12-7-3-2-4-8-12;1-11-7-9-13(10-8-11)12-5-3-2-4-6-12;1-7-5-3-2-4-6-7/h2-12H,1H3;5-10H,1-4H3;4-10H,1-3H3;3-10H,1-2H3;3*2-10H,1H3;2-6H,1H3. The van der Waals surface area contributed by atoms with Crippen molar-refractivity contribution in [1.29, 1.82) is 0 Å². The van der Waals surface area contributed by atoms with Gasteiger partial charge >= 0.3 is 0 Å². The zero-order chi connectivity index (χ0) is 76.6. The van der Waals surface area contributed by atoms with Gasteiger partial charge in [-0.05, 0) is 202 Å². The zero-order valence-electron chi connectivity index (χ0n) is 66.0. The van der Waals surface area contributed by atoms with E-state index in [2.05, 4.69) is 449 Å². The van der Waals surface area contributed by atoms with Gasteiger partial charge in [0.2, 0.25) is 0 Å². The van der Waals surface area contributed by atoms with E-state index in [1.165, 1.54) is 167 Å². The first-order valence-corrected chi connectivity index (χ1v) is 37.7. The maximum Gasteiger partial charge on any atom is -0.0105 e. The summed E-state index contributed by atoms with van der Waals surface area (Å²) in [5.74, 6) is 0. The van der Waals surface area contributed by atoms with Crippen LogP contribution < -0.4 is 0 Å². The maximum absolute atomic E-state index is 2.25. The molecule has 0 bridgehead atoms. The van der Waals surface area contributed by atoms with Gasteiger partial charge in [0.1, 0.15) is 0 Å². The fraction of sp³-hybridized carbons (Fsp3) is 0.130. The van der Waals surface area contributed by atoms with Gasteiger partial charge in [-0.25, -0.2) is 0 Å². The van der Waals surface area contributed by atoms with Crippen LogP contribution in [0.5, 0.6) is 0 Å². The molecule has 538 valence electrons. The molecule has 16 aromatic carbocycles. The quantitative estimate of drug-likeness (QED) is 0.149. The SMILES string of the molecule is Cc1ccc(-c2c(C)cc(C)cc2C)cc1.Cc1ccc(-c2cc(C)cc(C)c2)cc1.Cc1ccc(-c2ccc(C)cc2)cc1.Cc1ccc(-c2cccc3ccccc23)cc1.Cc1ccc(-c2ccccc2)cc1.Cc1cccc(-c2ccccc2)c1.Cc1ccccc1.Cc1ccccc1-c1ccccc1. The van der Waals surface area contributed by atoms with Crippen LogP contribution in [0.1, 0.15) is 77.9 Å². The Labute approximate surface area is 647 Å². The van der Waals surface area contributed by atoms with Crippen LogP contribution in [0.15, 0.2) is 388 Å². The number of benzene rings is 16. The van der Waals surface area contributed by atoms with Crippen molar-refractivity contribution in [3.63, 3.8) is 0 Å². The maximum atomic E-state index is 2.25. The largest absolute Gasteiger partial charge is 0.0622 e. The third-order valence-electron chi connectivity index (χ3n) is 18.7. The molecule has 16 rings (SSSR count). The number of hydrogen-bond donors (Lipinski definition) is 0. The van der Waals surface area contributed by atoms with Crippen molar-refractivity contribution in [1.82, 2.24) is 0 Å². The summed E-state index contributed by atoms with van der Waals surface area (Å²) in [5.41, 5.74) is 36.7. The van der Waals surface area contributed by atoms with E-state index in [4.69, 9.17) is 0 Å². The number of rotatable bonds is 7. The van der Waals surface area contributed by atoms with Crippen molar-refractivity contribution >= 4 is 10.8 Å². The van der Waals surface area contributed by atoms with Gasteiger partial charge in [0.15, 0.2) is 0 Å². The van der Waals surface area contributed by atoms with Crippen molar-refractivity contribution < 1.29 is 0 Å². The van der Waals surface area contributed by atoms with Gasteiger partial charge in [0.25, 0.3) is 0 Å². The summed E-state index contributed by atoms with van der Waals surface area (Å²) in [6.07, 6.45) is 0. The van der Waals surface area contributed by atoms with Gasteiger partial charge in [-0.3, -0.25) is 0 Å². The Balaban J connectivity index is 0.000000143. The third kappa shape index (κ3) is 25.5. The summed E-state index contributed by atoms with van der Waals surface area (Å²) in [7, 11) is 0. The third-order valence-corrected chi connectivity index (χ3v) is 18.7. The fourth-order valence-electron chi connectivity index (χ4n) is 12.8. The molecule has 108 heavy (non-hydrogen) atoms. The molecule has 0 heterocycles. The lowest BCUT2D eigenvalue weighted by molar-refractivity contribution is 1.32. The van der Waals surface area contributed by atoms with Crippen LogP contribution in [0, 0.1) is 96.9 Å². The number of hydrogen-bond acceptors (Lipinski definition) is 0. The first-order chi connectivity index (χ1) is 52.3. The molecule has 16 aromatic rings. The van der Waals surface area contributed by atoms with Gasteiger partial charge < -0.3 is 0 Å². The topological polar surface area (TPSA) is 0 Å². The Morgan fingerprint density at radius 3 is 0.815 bits per heavy atom. The van der Waals surface area contributed by atoms with E-state index in [0.717, 1.165) is 0 Å². The van der Waals surface area contributed by atoms with Gasteiger partial charge in [-0.1, -0.05) is 449 Å². The van der Waals surface area contributed by atoms with Crippen molar-refractivity contribution in [2.75, 3.05) is 0 Å². The highest BCUT2D eigenvalue weighted by Crippen LogP contribution is 2.32. The zero-order valence-corrected chi connectivity index (χ0v) is 66.0. The van der Waals surface area contributed by atoms with E-state index < -0.39 is 0 Å². The van der Waals surface area contributed by atoms with E-state index >= 15 is 0 Å². The summed E-state index contributed by atoms with van der Waals surface area (Å²) in [6.45, 7) is 29.8. The minimum atomic E-state index is 1.28. The van der Waals surface area contributed by atoms with Gasteiger partial charge in [-0.15, -0.1) is 0 Å². The van der Waals surface area contributed by atoms with Crippen molar-refractivity contribution in [2.24, 2.45) is 0 Å². The second-order valence-electron chi connectivity index (χ2n) is 28.3. The number of fused-ring (bicyclic) bond motifs is 1. The molecule has 0 aliphatic heterocycles. The van der Waals surface area contributed by atoms with Crippen LogP contribution in [0.25, 0.3) is 88.7 Å². The molecule has 0 spiro atoms. The molecular formula is C108H106. The average Bonchev–Trinajstić information content (AvgIpc) is 0.809. The highest BCUT2D eigenvalue weighted by Gasteiger charge is 2.08. The lowest BCUT2D eigenvalue weighted by Crippen LogP contribution is -1.90. The summed E-state index contributed by atoms with van der Waals surface area (Å²) in [5, 5.41) is 2.62. The minimum Gasteiger partial charge on any atom is -0.0622 e. The van der Waals surface area contributed by atoms with E-state index in [1.807, 2.05) is 36.4 Å². The molecule has 0 radical (unpaired) electrons. The van der Waals surface area contributed by atoms with Crippen LogP contribution in [-0.2, 0) is 0 Å². The van der Waals surface area contributed by atoms with E-state index in [0.29, 0.717) is 0 Å². The molecule has 0 heteroatoms. The smallest absolute Gasteiger partial charge is 0.0105 e. The second-order valence-corrected chi connectivity index (χ2v) is 28.3. The molecule has 0 N–H and O–H groups in total.